The van der Waals surface area contributed by atoms with Crippen LogP contribution >= 0.6 is 0 Å². The monoisotopic (exact) mass is 274 g/mol. The minimum Gasteiger partial charge on any atom is -0.350 e. The Labute approximate surface area is 104 Å². The largest absolute Gasteiger partial charge is 0.350 e. The second-order valence-corrected chi connectivity index (χ2v) is 6.53. The summed E-state index contributed by atoms with van der Waals surface area (Å²) in [4.78, 5) is 12.1. The van der Waals surface area contributed by atoms with Crippen molar-refractivity contribution in [3.63, 3.8) is 0 Å². The third-order valence-electron chi connectivity index (χ3n) is 2.94. The first-order valence-corrected chi connectivity index (χ1v) is 7.34. The zero-order chi connectivity index (χ0) is 13.3. The molecule has 1 saturated heterocycles. The van der Waals surface area contributed by atoms with Crippen molar-refractivity contribution in [3.05, 3.63) is 16.3 Å². The van der Waals surface area contributed by atoms with E-state index in [9.17, 15) is 18.5 Å². The predicted octanol–water partition coefficient (Wildman–Crippen LogP) is -0.0468. The molecule has 100 valence electrons. The molecule has 18 heavy (non-hydrogen) atoms. The molecule has 1 aromatic rings. The number of hydrogen-bond acceptors (Lipinski definition) is 6. The maximum absolute atomic E-state index is 11.5. The molecule has 2 heterocycles. The van der Waals surface area contributed by atoms with Crippen LogP contribution in [-0.2, 0) is 16.9 Å². The van der Waals surface area contributed by atoms with Gasteiger partial charge >= 0.3 is 5.69 Å². The second kappa shape index (κ2) is 4.56. The topological polar surface area (TPSA) is 98.3 Å². The minimum absolute atomic E-state index is 0.0231. The van der Waals surface area contributed by atoms with Crippen LogP contribution in [0, 0.1) is 10.1 Å². The van der Waals surface area contributed by atoms with Crippen molar-refractivity contribution in [3.8, 4) is 0 Å². The Bertz CT molecular complexity index is 565. The van der Waals surface area contributed by atoms with Crippen molar-refractivity contribution in [1.29, 1.82) is 0 Å². The van der Waals surface area contributed by atoms with Gasteiger partial charge in [0.05, 0.1) is 16.4 Å². The summed E-state index contributed by atoms with van der Waals surface area (Å²) in [5, 5.41) is 14.8. The molecule has 0 radical (unpaired) electrons. The van der Waals surface area contributed by atoms with E-state index in [0.717, 1.165) is 0 Å². The third-order valence-corrected chi connectivity index (χ3v) is 4.66. The van der Waals surface area contributed by atoms with E-state index in [0.29, 0.717) is 18.8 Å². The lowest BCUT2D eigenvalue weighted by molar-refractivity contribution is -0.384. The Balaban J connectivity index is 2.32. The maximum Gasteiger partial charge on any atom is 0.331 e. The van der Waals surface area contributed by atoms with E-state index in [1.165, 1.54) is 10.9 Å². The first kappa shape index (κ1) is 12.8. The van der Waals surface area contributed by atoms with Gasteiger partial charge in [-0.05, 0) is 6.42 Å². The summed E-state index contributed by atoms with van der Waals surface area (Å²) in [5.74, 6) is 0.530. The van der Waals surface area contributed by atoms with Gasteiger partial charge in [-0.1, -0.05) is 0 Å². The number of anilines is 1. The molecular formula is C9H14N4O4S. The fourth-order valence-electron chi connectivity index (χ4n) is 2.07. The van der Waals surface area contributed by atoms with Crippen molar-refractivity contribution in [1.82, 2.24) is 9.78 Å². The molecule has 0 spiro atoms. The van der Waals surface area contributed by atoms with Crippen molar-refractivity contribution in [2.24, 2.45) is 7.05 Å². The Morgan fingerprint density at radius 2 is 2.11 bits per heavy atom. The highest BCUT2D eigenvalue weighted by Gasteiger charge is 2.27. The van der Waals surface area contributed by atoms with Crippen molar-refractivity contribution < 1.29 is 13.3 Å². The average Bonchev–Trinajstić information content (AvgIpc) is 2.56. The van der Waals surface area contributed by atoms with Crippen LogP contribution in [0.2, 0.25) is 0 Å². The molecule has 8 nitrogen and oxygen atoms in total. The maximum atomic E-state index is 11.5. The average molecular weight is 274 g/mol. The normalized spacial score (nSPS) is 19.5. The van der Waals surface area contributed by atoms with Gasteiger partial charge < -0.3 is 4.90 Å². The molecular weight excluding hydrogens is 260 g/mol. The standard InChI is InChI=1S/C9H14N4O4S/c1-11-9(8(7-10-11)13(14)15)12-3-2-5-18(16,17)6-4-12/h7H,2-6H2,1H3. The summed E-state index contributed by atoms with van der Waals surface area (Å²) in [6.07, 6.45) is 1.67. The summed E-state index contributed by atoms with van der Waals surface area (Å²) in [6.45, 7) is 0.752. The molecule has 0 aromatic carbocycles. The summed E-state index contributed by atoms with van der Waals surface area (Å²) < 4.78 is 24.4. The Hall–Kier alpha value is -1.64. The Morgan fingerprint density at radius 1 is 1.39 bits per heavy atom. The molecule has 2 rings (SSSR count). The van der Waals surface area contributed by atoms with Gasteiger partial charge in [0, 0.05) is 20.1 Å². The molecule has 0 amide bonds. The summed E-state index contributed by atoms with van der Waals surface area (Å²) in [6, 6.07) is 0. The van der Waals surface area contributed by atoms with E-state index in [-0.39, 0.29) is 23.7 Å². The van der Waals surface area contributed by atoms with E-state index < -0.39 is 14.8 Å². The SMILES string of the molecule is Cn1ncc([N+](=O)[O-])c1N1CCCS(=O)(=O)CC1. The lowest BCUT2D eigenvalue weighted by Gasteiger charge is -2.20. The molecule has 9 heteroatoms. The van der Waals surface area contributed by atoms with E-state index >= 15 is 0 Å². The van der Waals surface area contributed by atoms with Crippen LogP contribution in [0.15, 0.2) is 6.20 Å². The molecule has 1 aromatic heterocycles. The van der Waals surface area contributed by atoms with E-state index in [2.05, 4.69) is 5.10 Å². The van der Waals surface area contributed by atoms with Crippen LogP contribution in [0.25, 0.3) is 0 Å². The van der Waals surface area contributed by atoms with Crippen LogP contribution in [0.5, 0.6) is 0 Å². The molecule has 0 aliphatic carbocycles. The smallest absolute Gasteiger partial charge is 0.331 e. The second-order valence-electron chi connectivity index (χ2n) is 4.23. The lowest BCUT2D eigenvalue weighted by Crippen LogP contribution is -2.29. The first-order chi connectivity index (χ1) is 8.41. The molecule has 0 N–H and O–H groups in total. The predicted molar refractivity (Wildman–Crippen MR) is 65.3 cm³/mol. The van der Waals surface area contributed by atoms with Crippen molar-refractivity contribution in [2.45, 2.75) is 6.42 Å². The Morgan fingerprint density at radius 3 is 2.78 bits per heavy atom. The molecule has 0 bridgehead atoms. The van der Waals surface area contributed by atoms with Gasteiger partial charge in [0.2, 0.25) is 5.82 Å². The van der Waals surface area contributed by atoms with Crippen molar-refractivity contribution >= 4 is 21.3 Å². The summed E-state index contributed by atoms with van der Waals surface area (Å²) >= 11 is 0. The number of aromatic nitrogens is 2. The lowest BCUT2D eigenvalue weighted by atomic mass is 10.3. The number of rotatable bonds is 2. The van der Waals surface area contributed by atoms with E-state index in [4.69, 9.17) is 0 Å². The molecule has 0 saturated carbocycles. The van der Waals surface area contributed by atoms with Crippen LogP contribution in [0.1, 0.15) is 6.42 Å². The number of nitrogens with zero attached hydrogens (tertiary/aromatic N) is 4. The minimum atomic E-state index is -3.03. The first-order valence-electron chi connectivity index (χ1n) is 5.52. The number of aryl methyl sites for hydroxylation is 1. The van der Waals surface area contributed by atoms with Gasteiger partial charge in [0.15, 0.2) is 9.84 Å². The van der Waals surface area contributed by atoms with Gasteiger partial charge in [0.1, 0.15) is 6.20 Å². The van der Waals surface area contributed by atoms with E-state index in [1.807, 2.05) is 0 Å². The van der Waals surface area contributed by atoms with Crippen molar-refractivity contribution in [2.75, 3.05) is 29.5 Å². The van der Waals surface area contributed by atoms with Gasteiger partial charge in [0.25, 0.3) is 0 Å². The number of nitro groups is 1. The number of hydrogen-bond donors (Lipinski definition) is 0. The third kappa shape index (κ3) is 2.45. The van der Waals surface area contributed by atoms with Gasteiger partial charge in [-0.3, -0.25) is 10.1 Å². The van der Waals surface area contributed by atoms with Crippen LogP contribution in [0.3, 0.4) is 0 Å². The number of sulfone groups is 1. The zero-order valence-corrected chi connectivity index (χ0v) is 10.8. The quantitative estimate of drug-likeness (QED) is 0.554. The van der Waals surface area contributed by atoms with Gasteiger partial charge in [-0.15, -0.1) is 0 Å². The molecule has 1 aliphatic heterocycles. The molecule has 0 unspecified atom stereocenters. The summed E-state index contributed by atoms with van der Waals surface area (Å²) in [7, 11) is -1.42. The zero-order valence-electron chi connectivity index (χ0n) is 9.94. The highest BCUT2D eigenvalue weighted by molar-refractivity contribution is 7.91. The van der Waals surface area contributed by atoms with E-state index in [1.54, 1.807) is 11.9 Å². The fourth-order valence-corrected chi connectivity index (χ4v) is 3.34. The highest BCUT2D eigenvalue weighted by atomic mass is 32.2. The van der Waals surface area contributed by atoms with Crippen LogP contribution in [-0.4, -0.2) is 47.7 Å². The van der Waals surface area contributed by atoms with Crippen LogP contribution in [0.4, 0.5) is 11.5 Å². The Kier molecular flexibility index (Phi) is 3.24. The molecule has 1 aliphatic rings. The highest BCUT2D eigenvalue weighted by Crippen LogP contribution is 2.27. The van der Waals surface area contributed by atoms with Crippen LogP contribution < -0.4 is 4.90 Å². The summed E-state index contributed by atoms with van der Waals surface area (Å²) in [5.41, 5.74) is -0.0863. The van der Waals surface area contributed by atoms with Gasteiger partial charge in [-0.25, -0.2) is 13.1 Å². The molecule has 1 fully saturated rings. The van der Waals surface area contributed by atoms with Gasteiger partial charge in [-0.2, -0.15) is 5.10 Å². The fraction of sp³-hybridized carbons (Fsp3) is 0.667. The molecule has 0 atom stereocenters.